The molecule has 1 fully saturated rings. The Labute approximate surface area is 176 Å². The van der Waals surface area contributed by atoms with Crippen LogP contribution < -0.4 is 15.4 Å². The maximum absolute atomic E-state index is 12.2. The van der Waals surface area contributed by atoms with E-state index < -0.39 is 11.8 Å². The van der Waals surface area contributed by atoms with Crippen molar-refractivity contribution >= 4 is 23.6 Å². The molecule has 1 aliphatic heterocycles. The summed E-state index contributed by atoms with van der Waals surface area (Å²) in [6.07, 6.45) is 2.03. The fraction of sp³-hybridized carbons (Fsp3) is 0.348. The number of hydrogen-bond donors (Lipinski definition) is 2. The molecule has 0 unspecified atom stereocenters. The van der Waals surface area contributed by atoms with Gasteiger partial charge in [-0.2, -0.15) is 0 Å². The van der Waals surface area contributed by atoms with Crippen LogP contribution in [0, 0.1) is 5.92 Å². The number of rotatable bonds is 5. The van der Waals surface area contributed by atoms with E-state index in [4.69, 9.17) is 4.74 Å². The van der Waals surface area contributed by atoms with Crippen molar-refractivity contribution < 1.29 is 19.1 Å². The molecule has 0 radical (unpaired) electrons. The van der Waals surface area contributed by atoms with E-state index in [2.05, 4.69) is 17.6 Å². The summed E-state index contributed by atoms with van der Waals surface area (Å²) in [6, 6.07) is 16.4. The smallest absolute Gasteiger partial charge is 0.410 e. The van der Waals surface area contributed by atoms with Crippen LogP contribution in [0.25, 0.3) is 0 Å². The molecule has 0 spiro atoms. The Kier molecular flexibility index (Phi) is 7.43. The number of likely N-dealkylation sites (tertiary alicyclic amines) is 1. The van der Waals surface area contributed by atoms with Crippen LogP contribution in [-0.4, -0.2) is 42.4 Å². The van der Waals surface area contributed by atoms with Gasteiger partial charge in [0, 0.05) is 25.3 Å². The van der Waals surface area contributed by atoms with E-state index in [1.165, 1.54) is 0 Å². The molecule has 0 aromatic heterocycles. The van der Waals surface area contributed by atoms with Crippen LogP contribution in [0.5, 0.6) is 5.75 Å². The van der Waals surface area contributed by atoms with Crippen molar-refractivity contribution in [3.05, 3.63) is 60.2 Å². The van der Waals surface area contributed by atoms with Crippen LogP contribution >= 0.6 is 0 Å². The Bertz CT molecular complexity index is 860. The fourth-order valence-electron chi connectivity index (χ4n) is 3.30. The molecule has 0 bridgehead atoms. The minimum atomic E-state index is -0.678. The lowest BCUT2D eigenvalue weighted by Gasteiger charge is -2.31. The number of hydrogen-bond acceptors (Lipinski definition) is 4. The highest BCUT2D eigenvalue weighted by Gasteiger charge is 2.25. The maximum atomic E-state index is 12.2. The molecule has 1 heterocycles. The number of aryl methyl sites for hydroxylation is 1. The van der Waals surface area contributed by atoms with Gasteiger partial charge in [0.25, 0.3) is 0 Å². The number of para-hydroxylation sites is 1. The summed E-state index contributed by atoms with van der Waals surface area (Å²) >= 11 is 0. The molecule has 2 aromatic carbocycles. The number of piperidine rings is 1. The third-order valence-electron chi connectivity index (χ3n) is 5.20. The van der Waals surface area contributed by atoms with Crippen molar-refractivity contribution in [2.24, 2.45) is 5.92 Å². The molecule has 0 aliphatic carbocycles. The molecule has 7 nitrogen and oxygen atoms in total. The lowest BCUT2D eigenvalue weighted by atomic mass is 9.97. The highest BCUT2D eigenvalue weighted by molar-refractivity contribution is 6.39. The molecule has 158 valence electrons. The average molecular weight is 409 g/mol. The van der Waals surface area contributed by atoms with E-state index in [-0.39, 0.29) is 12.0 Å². The molecule has 30 heavy (non-hydrogen) atoms. The summed E-state index contributed by atoms with van der Waals surface area (Å²) in [6.45, 7) is 3.57. The van der Waals surface area contributed by atoms with Crippen LogP contribution in [0.1, 0.15) is 25.3 Å². The lowest BCUT2D eigenvalue weighted by Crippen LogP contribution is -2.44. The number of anilines is 1. The van der Waals surface area contributed by atoms with E-state index in [1.807, 2.05) is 30.3 Å². The third-order valence-corrected chi connectivity index (χ3v) is 5.20. The number of nitrogens with zero attached hydrogens (tertiary/aromatic N) is 1. The first kappa shape index (κ1) is 21.4. The zero-order valence-electron chi connectivity index (χ0n) is 17.1. The molecule has 3 rings (SSSR count). The number of benzene rings is 2. The highest BCUT2D eigenvalue weighted by atomic mass is 16.6. The second-order valence-electron chi connectivity index (χ2n) is 7.33. The van der Waals surface area contributed by atoms with Gasteiger partial charge in [-0.05, 0) is 55.0 Å². The van der Waals surface area contributed by atoms with Crippen LogP contribution in [0.2, 0.25) is 0 Å². The molecule has 0 atom stereocenters. The number of amides is 3. The number of carbonyl (C=O) groups is 3. The molecular formula is C23H27N3O4. The summed E-state index contributed by atoms with van der Waals surface area (Å²) < 4.78 is 5.35. The SMILES string of the molecule is CCc1ccc(NC(=O)C(=O)NCC2CCN(C(=O)Oc3ccccc3)CC2)cc1. The van der Waals surface area contributed by atoms with Crippen LogP contribution in [0.4, 0.5) is 10.5 Å². The molecule has 7 heteroatoms. The largest absolute Gasteiger partial charge is 0.415 e. The number of carbonyl (C=O) groups excluding carboxylic acids is 3. The topological polar surface area (TPSA) is 87.7 Å². The van der Waals surface area contributed by atoms with Crippen LogP contribution in [0.3, 0.4) is 0 Å². The quantitative estimate of drug-likeness (QED) is 0.743. The average Bonchev–Trinajstić information content (AvgIpc) is 2.79. The summed E-state index contributed by atoms with van der Waals surface area (Å²) in [7, 11) is 0. The first-order valence-electron chi connectivity index (χ1n) is 10.2. The molecule has 2 N–H and O–H groups in total. The molecule has 0 saturated carbocycles. The summed E-state index contributed by atoms with van der Waals surface area (Å²) in [5.41, 5.74) is 1.76. The van der Waals surface area contributed by atoms with Crippen molar-refractivity contribution in [2.45, 2.75) is 26.2 Å². The van der Waals surface area contributed by atoms with Gasteiger partial charge in [0.1, 0.15) is 5.75 Å². The Hall–Kier alpha value is -3.35. The van der Waals surface area contributed by atoms with Crippen molar-refractivity contribution in [1.82, 2.24) is 10.2 Å². The Morgan fingerprint density at radius 2 is 1.63 bits per heavy atom. The molecule has 3 amide bonds. The van der Waals surface area contributed by atoms with Gasteiger partial charge in [-0.3, -0.25) is 9.59 Å². The standard InChI is InChI=1S/C23H27N3O4/c1-2-17-8-10-19(11-9-17)25-22(28)21(27)24-16-18-12-14-26(15-13-18)23(29)30-20-6-4-3-5-7-20/h3-11,18H,2,12-16H2,1H3,(H,24,27)(H,25,28). The lowest BCUT2D eigenvalue weighted by molar-refractivity contribution is -0.136. The van der Waals surface area contributed by atoms with Gasteiger partial charge in [-0.15, -0.1) is 0 Å². The minimum Gasteiger partial charge on any atom is -0.410 e. The van der Waals surface area contributed by atoms with E-state index in [0.29, 0.717) is 31.1 Å². The van der Waals surface area contributed by atoms with Gasteiger partial charge in [0.2, 0.25) is 0 Å². The van der Waals surface area contributed by atoms with Gasteiger partial charge in [0.05, 0.1) is 0 Å². The van der Waals surface area contributed by atoms with E-state index >= 15 is 0 Å². The van der Waals surface area contributed by atoms with Gasteiger partial charge in [-0.25, -0.2) is 4.79 Å². The zero-order chi connectivity index (χ0) is 21.3. The van der Waals surface area contributed by atoms with E-state index in [0.717, 1.165) is 24.8 Å². The third kappa shape index (κ3) is 6.07. The normalized spacial score (nSPS) is 14.1. The van der Waals surface area contributed by atoms with Gasteiger partial charge >= 0.3 is 17.9 Å². The van der Waals surface area contributed by atoms with Crippen LogP contribution in [0.15, 0.2) is 54.6 Å². The van der Waals surface area contributed by atoms with Gasteiger partial charge in [0.15, 0.2) is 0 Å². The summed E-state index contributed by atoms with van der Waals surface area (Å²) in [4.78, 5) is 38.0. The first-order valence-corrected chi connectivity index (χ1v) is 10.2. The molecule has 1 aliphatic rings. The second kappa shape index (κ2) is 10.4. The van der Waals surface area contributed by atoms with E-state index in [9.17, 15) is 14.4 Å². The number of ether oxygens (including phenoxy) is 1. The maximum Gasteiger partial charge on any atom is 0.415 e. The Balaban J connectivity index is 1.37. The van der Waals surface area contributed by atoms with Gasteiger partial charge in [-0.1, -0.05) is 37.3 Å². The fourth-order valence-corrected chi connectivity index (χ4v) is 3.30. The molecule has 2 aromatic rings. The van der Waals surface area contributed by atoms with Crippen molar-refractivity contribution in [3.63, 3.8) is 0 Å². The Morgan fingerprint density at radius 3 is 2.27 bits per heavy atom. The molecule has 1 saturated heterocycles. The predicted molar refractivity (Wildman–Crippen MR) is 114 cm³/mol. The molecular weight excluding hydrogens is 382 g/mol. The summed E-state index contributed by atoms with van der Waals surface area (Å²) in [5, 5.41) is 5.30. The highest BCUT2D eigenvalue weighted by Crippen LogP contribution is 2.18. The number of nitrogens with one attached hydrogen (secondary N) is 2. The Morgan fingerprint density at radius 1 is 0.967 bits per heavy atom. The predicted octanol–water partition coefficient (Wildman–Crippen LogP) is 3.21. The van der Waals surface area contributed by atoms with Crippen LogP contribution in [-0.2, 0) is 16.0 Å². The van der Waals surface area contributed by atoms with E-state index in [1.54, 1.807) is 29.2 Å². The second-order valence-corrected chi connectivity index (χ2v) is 7.33. The minimum absolute atomic E-state index is 0.214. The van der Waals surface area contributed by atoms with Crippen molar-refractivity contribution in [1.29, 1.82) is 0 Å². The summed E-state index contributed by atoms with van der Waals surface area (Å²) in [5.74, 6) is -0.595. The monoisotopic (exact) mass is 409 g/mol. The van der Waals surface area contributed by atoms with Crippen molar-refractivity contribution in [2.75, 3.05) is 25.0 Å². The van der Waals surface area contributed by atoms with Gasteiger partial charge < -0.3 is 20.3 Å². The first-order chi connectivity index (χ1) is 14.5. The van der Waals surface area contributed by atoms with Crippen molar-refractivity contribution in [3.8, 4) is 5.75 Å². The zero-order valence-corrected chi connectivity index (χ0v) is 17.1.